The quantitative estimate of drug-likeness (QED) is 0.729. The number of nitrogen functional groups attached to an aromatic ring is 1. The second-order valence-electron chi connectivity index (χ2n) is 3.81. The van der Waals surface area contributed by atoms with Gasteiger partial charge < -0.3 is 15.8 Å². The highest BCUT2D eigenvalue weighted by Gasteiger charge is 2.10. The molecule has 0 aromatic carbocycles. The van der Waals surface area contributed by atoms with Crippen LogP contribution in [-0.4, -0.2) is 31.3 Å². The van der Waals surface area contributed by atoms with Gasteiger partial charge in [-0.05, 0) is 31.0 Å². The van der Waals surface area contributed by atoms with Gasteiger partial charge in [-0.1, -0.05) is 6.92 Å². The van der Waals surface area contributed by atoms with Crippen LogP contribution in [0.2, 0.25) is 0 Å². The van der Waals surface area contributed by atoms with E-state index < -0.39 is 0 Å². The molecule has 1 aromatic rings. The summed E-state index contributed by atoms with van der Waals surface area (Å²) in [6, 6.07) is 2.24. The van der Waals surface area contributed by atoms with E-state index in [1.807, 2.05) is 12.3 Å². The van der Waals surface area contributed by atoms with Crippen molar-refractivity contribution in [2.75, 3.05) is 26.0 Å². The number of hydrogen-bond acceptors (Lipinski definition) is 4. The molecule has 1 atom stereocenters. The molecule has 1 heterocycles. The Kier molecular flexibility index (Phi) is 5.82. The van der Waals surface area contributed by atoms with E-state index in [4.69, 9.17) is 10.5 Å². The molecule has 0 aliphatic heterocycles. The molecular weight excluding hydrogens is 202 g/mol. The van der Waals surface area contributed by atoms with Crippen molar-refractivity contribution in [3.63, 3.8) is 0 Å². The predicted molar refractivity (Wildman–Crippen MR) is 66.3 cm³/mol. The summed E-state index contributed by atoms with van der Waals surface area (Å²) < 4.78 is 5.10. The summed E-state index contributed by atoms with van der Waals surface area (Å²) in [5, 5.41) is 3.43. The van der Waals surface area contributed by atoms with Gasteiger partial charge in [0.1, 0.15) is 0 Å². The highest BCUT2D eigenvalue weighted by molar-refractivity contribution is 5.44. The first-order chi connectivity index (χ1) is 7.77. The van der Waals surface area contributed by atoms with Crippen LogP contribution >= 0.6 is 0 Å². The molecule has 0 bridgehead atoms. The molecule has 0 saturated heterocycles. The lowest BCUT2D eigenvalue weighted by atomic mass is 10.0. The lowest BCUT2D eigenvalue weighted by Crippen LogP contribution is -2.32. The van der Waals surface area contributed by atoms with Crippen LogP contribution < -0.4 is 11.1 Å². The van der Waals surface area contributed by atoms with Crippen molar-refractivity contribution in [2.24, 2.45) is 0 Å². The molecule has 3 N–H and O–H groups in total. The van der Waals surface area contributed by atoms with Gasteiger partial charge in [-0.3, -0.25) is 4.98 Å². The Morgan fingerprint density at radius 1 is 1.56 bits per heavy atom. The number of nitrogens with two attached hydrogens (primary N) is 1. The molecule has 4 heteroatoms. The summed E-state index contributed by atoms with van der Waals surface area (Å²) in [7, 11) is 1.72. The van der Waals surface area contributed by atoms with Gasteiger partial charge in [0.15, 0.2) is 0 Å². The Balaban J connectivity index is 2.56. The maximum atomic E-state index is 5.89. The lowest BCUT2D eigenvalue weighted by molar-refractivity contribution is 0.183. The van der Waals surface area contributed by atoms with Crippen LogP contribution in [0.25, 0.3) is 0 Å². The van der Waals surface area contributed by atoms with Gasteiger partial charge >= 0.3 is 0 Å². The van der Waals surface area contributed by atoms with Crippen LogP contribution in [0, 0.1) is 0 Å². The molecule has 16 heavy (non-hydrogen) atoms. The van der Waals surface area contributed by atoms with Crippen molar-refractivity contribution >= 4 is 5.69 Å². The number of ether oxygens (including phenoxy) is 1. The largest absolute Gasteiger partial charge is 0.398 e. The first kappa shape index (κ1) is 12.9. The van der Waals surface area contributed by atoms with E-state index in [0.29, 0.717) is 6.04 Å². The molecule has 4 nitrogen and oxygen atoms in total. The molecule has 0 amide bonds. The van der Waals surface area contributed by atoms with Gasteiger partial charge in [-0.25, -0.2) is 0 Å². The number of anilines is 1. The smallest absolute Gasteiger partial charge is 0.0477 e. The molecule has 1 aromatic heterocycles. The summed E-state index contributed by atoms with van der Waals surface area (Å²) in [4.78, 5) is 4.10. The van der Waals surface area contributed by atoms with Crippen LogP contribution in [0.15, 0.2) is 18.5 Å². The zero-order valence-corrected chi connectivity index (χ0v) is 10.1. The number of nitrogens with zero attached hydrogens (tertiary/aromatic N) is 1. The standard InChI is InChI=1S/C12H21N3O/c1-3-15-11(5-7-16-2)8-10-9-14-6-4-12(10)13/h4,6,9,11,15H,3,5,7-8H2,1-2H3,(H2,13,14). The highest BCUT2D eigenvalue weighted by Crippen LogP contribution is 2.12. The lowest BCUT2D eigenvalue weighted by Gasteiger charge is -2.18. The van der Waals surface area contributed by atoms with E-state index in [1.165, 1.54) is 0 Å². The van der Waals surface area contributed by atoms with Gasteiger partial charge in [0, 0.05) is 37.8 Å². The van der Waals surface area contributed by atoms with Gasteiger partial charge in [0.2, 0.25) is 0 Å². The average Bonchev–Trinajstić information content (AvgIpc) is 2.29. The van der Waals surface area contributed by atoms with Crippen molar-refractivity contribution in [2.45, 2.75) is 25.8 Å². The van der Waals surface area contributed by atoms with Crippen LogP contribution in [0.5, 0.6) is 0 Å². The molecule has 1 rings (SSSR count). The first-order valence-corrected chi connectivity index (χ1v) is 5.68. The maximum absolute atomic E-state index is 5.89. The topological polar surface area (TPSA) is 60.2 Å². The second kappa shape index (κ2) is 7.19. The molecule has 0 radical (unpaired) electrons. The summed E-state index contributed by atoms with van der Waals surface area (Å²) in [6.07, 6.45) is 5.44. The second-order valence-corrected chi connectivity index (χ2v) is 3.81. The molecule has 0 fully saturated rings. The van der Waals surface area contributed by atoms with Crippen LogP contribution in [-0.2, 0) is 11.2 Å². The third-order valence-electron chi connectivity index (χ3n) is 2.57. The molecule has 1 unspecified atom stereocenters. The summed E-state index contributed by atoms with van der Waals surface area (Å²) in [5.74, 6) is 0. The van der Waals surface area contributed by atoms with Gasteiger partial charge in [-0.2, -0.15) is 0 Å². The zero-order valence-electron chi connectivity index (χ0n) is 10.1. The Labute approximate surface area is 97.2 Å². The van der Waals surface area contributed by atoms with E-state index >= 15 is 0 Å². The van der Waals surface area contributed by atoms with E-state index in [2.05, 4.69) is 17.2 Å². The maximum Gasteiger partial charge on any atom is 0.0477 e. The molecule has 0 aliphatic rings. The zero-order chi connectivity index (χ0) is 11.8. The Bertz CT molecular complexity index is 304. The van der Waals surface area contributed by atoms with E-state index in [0.717, 1.165) is 37.2 Å². The normalized spacial score (nSPS) is 12.6. The minimum atomic E-state index is 0.399. The van der Waals surface area contributed by atoms with E-state index in [-0.39, 0.29) is 0 Å². The number of nitrogens with one attached hydrogen (secondary N) is 1. The fraction of sp³-hybridized carbons (Fsp3) is 0.583. The number of pyridine rings is 1. The Hall–Kier alpha value is -1.13. The SMILES string of the molecule is CCNC(CCOC)Cc1cnccc1N. The summed E-state index contributed by atoms with van der Waals surface area (Å²) in [6.45, 7) is 3.82. The van der Waals surface area contributed by atoms with E-state index in [9.17, 15) is 0 Å². The fourth-order valence-corrected chi connectivity index (χ4v) is 1.70. The fourth-order valence-electron chi connectivity index (χ4n) is 1.70. The summed E-state index contributed by atoms with van der Waals surface area (Å²) >= 11 is 0. The van der Waals surface area contributed by atoms with E-state index in [1.54, 1.807) is 13.3 Å². The van der Waals surface area contributed by atoms with Crippen molar-refractivity contribution in [3.05, 3.63) is 24.0 Å². The minimum absolute atomic E-state index is 0.399. The molecule has 0 spiro atoms. The van der Waals surface area contributed by atoms with Gasteiger partial charge in [0.25, 0.3) is 0 Å². The van der Waals surface area contributed by atoms with Crippen molar-refractivity contribution in [1.29, 1.82) is 0 Å². The van der Waals surface area contributed by atoms with Gasteiger partial charge in [0.05, 0.1) is 0 Å². The number of methoxy groups -OCH3 is 1. The Morgan fingerprint density at radius 3 is 3.00 bits per heavy atom. The molecular formula is C12H21N3O. The van der Waals surface area contributed by atoms with Crippen molar-refractivity contribution in [1.82, 2.24) is 10.3 Å². The number of rotatable bonds is 7. The number of likely N-dealkylation sites (N-methyl/N-ethyl adjacent to an activating group) is 1. The third kappa shape index (κ3) is 4.16. The van der Waals surface area contributed by atoms with Crippen molar-refractivity contribution in [3.8, 4) is 0 Å². The third-order valence-corrected chi connectivity index (χ3v) is 2.57. The van der Waals surface area contributed by atoms with Crippen LogP contribution in [0.3, 0.4) is 0 Å². The van der Waals surface area contributed by atoms with Crippen LogP contribution in [0.1, 0.15) is 18.9 Å². The summed E-state index contributed by atoms with van der Waals surface area (Å²) in [5.41, 5.74) is 7.81. The predicted octanol–water partition coefficient (Wildman–Crippen LogP) is 1.22. The highest BCUT2D eigenvalue weighted by atomic mass is 16.5. The monoisotopic (exact) mass is 223 g/mol. The number of hydrogen-bond donors (Lipinski definition) is 2. The number of aromatic nitrogens is 1. The molecule has 0 aliphatic carbocycles. The average molecular weight is 223 g/mol. The van der Waals surface area contributed by atoms with Crippen molar-refractivity contribution < 1.29 is 4.74 Å². The molecule has 0 saturated carbocycles. The minimum Gasteiger partial charge on any atom is -0.398 e. The van der Waals surface area contributed by atoms with Gasteiger partial charge in [-0.15, -0.1) is 0 Å². The first-order valence-electron chi connectivity index (χ1n) is 5.68. The Morgan fingerprint density at radius 2 is 2.38 bits per heavy atom. The molecule has 90 valence electrons. The van der Waals surface area contributed by atoms with Crippen LogP contribution in [0.4, 0.5) is 5.69 Å².